The Morgan fingerprint density at radius 3 is 2.52 bits per heavy atom. The van der Waals surface area contributed by atoms with E-state index in [1.165, 1.54) is 24.4 Å². The molecule has 3 N–H and O–H groups in total. The Hall–Kier alpha value is -2.57. The van der Waals surface area contributed by atoms with Gasteiger partial charge < -0.3 is 10.4 Å². The average Bonchev–Trinajstić information content (AvgIpc) is 2.62. The topological polar surface area (TPSA) is 90.8 Å². The molecule has 0 fully saturated rings. The fraction of sp³-hybridized carbons (Fsp3) is 0.211. The van der Waals surface area contributed by atoms with Gasteiger partial charge >= 0.3 is 0 Å². The van der Waals surface area contributed by atoms with Crippen molar-refractivity contribution in [3.8, 4) is 5.75 Å². The minimum absolute atomic E-state index is 0.0233. The first-order valence-corrected chi connectivity index (χ1v) is 8.92. The van der Waals surface area contributed by atoms with Crippen LogP contribution in [0.3, 0.4) is 0 Å². The maximum absolute atomic E-state index is 12.4. The normalized spacial score (nSPS) is 12.2. The third-order valence-electron chi connectivity index (χ3n) is 3.72. The Labute approximate surface area is 167 Å². The molecule has 0 aliphatic carbocycles. The van der Waals surface area contributed by atoms with Crippen LogP contribution in [0, 0.1) is 5.92 Å². The van der Waals surface area contributed by atoms with E-state index in [2.05, 4.69) is 15.8 Å². The number of nitrogens with zero attached hydrogens (tertiary/aromatic N) is 1. The van der Waals surface area contributed by atoms with E-state index in [0.717, 1.165) is 0 Å². The number of aromatic hydroxyl groups is 1. The Bertz CT molecular complexity index is 869. The predicted octanol–water partition coefficient (Wildman–Crippen LogP) is 3.60. The number of phenolic OH excluding ortho intramolecular Hbond substituents is 1. The number of rotatable bonds is 6. The molecule has 0 spiro atoms. The van der Waals surface area contributed by atoms with E-state index < -0.39 is 17.9 Å². The minimum atomic E-state index is -0.820. The van der Waals surface area contributed by atoms with Gasteiger partial charge in [-0.05, 0) is 36.2 Å². The molecule has 0 aliphatic rings. The maximum atomic E-state index is 12.4. The first-order chi connectivity index (χ1) is 12.8. The summed E-state index contributed by atoms with van der Waals surface area (Å²) in [5, 5.41) is 16.9. The van der Waals surface area contributed by atoms with Gasteiger partial charge in [-0.15, -0.1) is 0 Å². The van der Waals surface area contributed by atoms with Crippen LogP contribution in [-0.4, -0.2) is 29.2 Å². The molecule has 6 nitrogen and oxygen atoms in total. The number of amides is 2. The number of carbonyl (C=O) groups is 2. The number of nitrogens with one attached hydrogen (secondary N) is 2. The number of carbonyl (C=O) groups excluding carboxylic acids is 2. The Morgan fingerprint density at radius 2 is 1.85 bits per heavy atom. The lowest BCUT2D eigenvalue weighted by molar-refractivity contribution is -0.123. The third-order valence-corrected chi connectivity index (χ3v) is 4.29. The Balaban J connectivity index is 2.06. The van der Waals surface area contributed by atoms with Gasteiger partial charge in [-0.25, -0.2) is 5.43 Å². The lowest BCUT2D eigenvalue weighted by atomic mass is 10.0. The number of hydrogen-bond donors (Lipinski definition) is 3. The van der Waals surface area contributed by atoms with Crippen LogP contribution in [0.5, 0.6) is 5.75 Å². The van der Waals surface area contributed by atoms with Crippen molar-refractivity contribution >= 4 is 41.2 Å². The van der Waals surface area contributed by atoms with Gasteiger partial charge in [0.2, 0.25) is 0 Å². The molecule has 2 aromatic carbocycles. The maximum Gasteiger partial charge on any atom is 0.262 e. The second-order valence-electron chi connectivity index (χ2n) is 6.11. The summed E-state index contributed by atoms with van der Waals surface area (Å²) < 4.78 is 0. The molecule has 0 aliphatic heterocycles. The van der Waals surface area contributed by atoms with Crippen molar-refractivity contribution in [2.45, 2.75) is 19.9 Å². The molecule has 0 saturated carbocycles. The van der Waals surface area contributed by atoms with Gasteiger partial charge in [0.1, 0.15) is 11.8 Å². The van der Waals surface area contributed by atoms with Gasteiger partial charge in [-0.1, -0.05) is 49.2 Å². The first-order valence-electron chi connectivity index (χ1n) is 8.16. The molecule has 2 rings (SSSR count). The Kier molecular flexibility index (Phi) is 7.21. The highest BCUT2D eigenvalue weighted by atomic mass is 35.5. The number of halogens is 2. The molecule has 2 aromatic rings. The molecule has 142 valence electrons. The number of hydrazone groups is 1. The average molecular weight is 408 g/mol. The summed E-state index contributed by atoms with van der Waals surface area (Å²) in [5.41, 5.74) is 2.99. The van der Waals surface area contributed by atoms with Crippen molar-refractivity contribution in [1.29, 1.82) is 0 Å². The van der Waals surface area contributed by atoms with Crippen LogP contribution in [0.15, 0.2) is 47.6 Å². The Morgan fingerprint density at radius 1 is 1.15 bits per heavy atom. The molecule has 2 amide bonds. The zero-order chi connectivity index (χ0) is 20.0. The van der Waals surface area contributed by atoms with Crippen LogP contribution in [0.2, 0.25) is 10.0 Å². The molecule has 1 atom stereocenters. The summed E-state index contributed by atoms with van der Waals surface area (Å²) in [7, 11) is 0. The van der Waals surface area contributed by atoms with Gasteiger partial charge in [-0.3, -0.25) is 9.59 Å². The monoisotopic (exact) mass is 407 g/mol. The summed E-state index contributed by atoms with van der Waals surface area (Å²) in [6, 6.07) is 10.2. The zero-order valence-electron chi connectivity index (χ0n) is 14.7. The van der Waals surface area contributed by atoms with Crippen LogP contribution < -0.4 is 10.7 Å². The van der Waals surface area contributed by atoms with Crippen LogP contribution in [-0.2, 0) is 4.79 Å². The lowest BCUT2D eigenvalue weighted by Crippen LogP contribution is -2.48. The number of hydrogen-bond acceptors (Lipinski definition) is 4. The fourth-order valence-corrected chi connectivity index (χ4v) is 2.67. The second-order valence-corrected chi connectivity index (χ2v) is 6.96. The van der Waals surface area contributed by atoms with Gasteiger partial charge in [0.25, 0.3) is 11.8 Å². The van der Waals surface area contributed by atoms with Crippen molar-refractivity contribution < 1.29 is 14.7 Å². The predicted molar refractivity (Wildman–Crippen MR) is 106 cm³/mol. The van der Waals surface area contributed by atoms with Crippen molar-refractivity contribution in [2.75, 3.05) is 0 Å². The highest BCUT2D eigenvalue weighted by Gasteiger charge is 2.25. The smallest absolute Gasteiger partial charge is 0.262 e. The van der Waals surface area contributed by atoms with E-state index in [1.54, 1.807) is 38.1 Å². The van der Waals surface area contributed by atoms with E-state index >= 15 is 0 Å². The van der Waals surface area contributed by atoms with Crippen molar-refractivity contribution in [2.24, 2.45) is 11.0 Å². The molecule has 8 heteroatoms. The van der Waals surface area contributed by atoms with Crippen molar-refractivity contribution in [1.82, 2.24) is 10.7 Å². The zero-order valence-corrected chi connectivity index (χ0v) is 16.3. The highest BCUT2D eigenvalue weighted by Crippen LogP contribution is 2.19. The molecule has 1 unspecified atom stereocenters. The quantitative estimate of drug-likeness (QED) is 0.504. The van der Waals surface area contributed by atoms with Crippen LogP contribution in [0.25, 0.3) is 0 Å². The minimum Gasteiger partial charge on any atom is -0.507 e. The summed E-state index contributed by atoms with van der Waals surface area (Å²) in [4.78, 5) is 24.8. The molecule has 0 saturated heterocycles. The van der Waals surface area contributed by atoms with Crippen molar-refractivity contribution in [3.63, 3.8) is 0 Å². The summed E-state index contributed by atoms with van der Waals surface area (Å²) >= 11 is 11.9. The van der Waals surface area contributed by atoms with E-state index in [-0.39, 0.29) is 17.2 Å². The van der Waals surface area contributed by atoms with E-state index in [1.807, 2.05) is 0 Å². The van der Waals surface area contributed by atoms with Crippen molar-refractivity contribution in [3.05, 3.63) is 63.6 Å². The third kappa shape index (κ3) is 5.70. The second kappa shape index (κ2) is 9.39. The molecule has 0 radical (unpaired) electrons. The van der Waals surface area contributed by atoms with Gasteiger partial charge in [0.15, 0.2) is 0 Å². The number of phenols is 1. The molecular formula is C19H19Cl2N3O3. The highest BCUT2D eigenvalue weighted by molar-refractivity contribution is 6.33. The van der Waals surface area contributed by atoms with Crippen LogP contribution in [0.1, 0.15) is 29.8 Å². The summed E-state index contributed by atoms with van der Waals surface area (Å²) in [6.07, 6.45) is 1.27. The molecular weight excluding hydrogens is 389 g/mol. The first kappa shape index (κ1) is 20.7. The molecule has 0 bridgehead atoms. The molecule has 0 heterocycles. The van der Waals surface area contributed by atoms with E-state index in [9.17, 15) is 14.7 Å². The largest absolute Gasteiger partial charge is 0.507 e. The van der Waals surface area contributed by atoms with Gasteiger partial charge in [-0.2, -0.15) is 5.10 Å². The standard InChI is InChI=1S/C19H19Cl2N3O3/c1-11(2)17(23-18(26)14-5-3-4-6-15(14)21)19(27)24-22-10-12-9-13(20)7-8-16(12)25/h3-11,17,25H,1-2H3,(H,23,26)(H,24,27)/b22-10+. The summed E-state index contributed by atoms with van der Waals surface area (Å²) in [6.45, 7) is 3.59. The van der Waals surface area contributed by atoms with Crippen LogP contribution in [0.4, 0.5) is 0 Å². The van der Waals surface area contributed by atoms with E-state index in [4.69, 9.17) is 23.2 Å². The summed E-state index contributed by atoms with van der Waals surface area (Å²) in [5.74, 6) is -1.16. The van der Waals surface area contributed by atoms with Gasteiger partial charge in [0, 0.05) is 10.6 Å². The lowest BCUT2D eigenvalue weighted by Gasteiger charge is -2.20. The number of benzene rings is 2. The SMILES string of the molecule is CC(C)C(NC(=O)c1ccccc1Cl)C(=O)N/N=C/c1cc(Cl)ccc1O. The van der Waals surface area contributed by atoms with E-state index in [0.29, 0.717) is 15.6 Å². The van der Waals surface area contributed by atoms with Crippen LogP contribution >= 0.6 is 23.2 Å². The van der Waals surface area contributed by atoms with Gasteiger partial charge in [0.05, 0.1) is 16.8 Å². The fourth-order valence-electron chi connectivity index (χ4n) is 2.26. The molecule has 27 heavy (non-hydrogen) atoms. The molecule has 0 aromatic heterocycles.